The minimum Gasteiger partial charge on any atom is -0.274 e. The Morgan fingerprint density at radius 3 is 2.79 bits per heavy atom. The molecule has 0 unspecified atom stereocenters. The highest BCUT2D eigenvalue weighted by atomic mass is 16.2. The van der Waals surface area contributed by atoms with Crippen molar-refractivity contribution in [1.29, 1.82) is 0 Å². The zero-order chi connectivity index (χ0) is 9.97. The van der Waals surface area contributed by atoms with Crippen molar-refractivity contribution in [2.24, 2.45) is 0 Å². The van der Waals surface area contributed by atoms with Gasteiger partial charge in [-0.25, -0.2) is 9.78 Å². The third-order valence-electron chi connectivity index (χ3n) is 1.62. The predicted molar refractivity (Wildman–Crippen MR) is 48.2 cm³/mol. The first kappa shape index (κ1) is 8.36. The van der Waals surface area contributed by atoms with E-state index in [-0.39, 0.29) is 0 Å². The number of hydrogen-bond acceptors (Lipinski definition) is 4. The summed E-state index contributed by atoms with van der Waals surface area (Å²) in [4.78, 5) is 31.9. The van der Waals surface area contributed by atoms with Gasteiger partial charge in [-0.1, -0.05) is 0 Å². The quantitative estimate of drug-likeness (QED) is 0.645. The van der Waals surface area contributed by atoms with E-state index >= 15 is 0 Å². The lowest BCUT2D eigenvalue weighted by atomic mass is 10.6. The Bertz CT molecular complexity index is 543. The molecule has 2 rings (SSSR count). The Hall–Kier alpha value is -2.24. The van der Waals surface area contributed by atoms with Crippen LogP contribution in [0.1, 0.15) is 0 Å². The van der Waals surface area contributed by atoms with Gasteiger partial charge in [0.25, 0.3) is 5.56 Å². The molecule has 0 bridgehead atoms. The maximum Gasteiger partial charge on any atom is 0.334 e. The molecule has 0 radical (unpaired) electrons. The van der Waals surface area contributed by atoms with Crippen molar-refractivity contribution in [2.45, 2.75) is 0 Å². The summed E-state index contributed by atoms with van der Waals surface area (Å²) in [5.41, 5.74) is -0.965. The van der Waals surface area contributed by atoms with Gasteiger partial charge in [-0.05, 0) is 0 Å². The Morgan fingerprint density at radius 2 is 2.14 bits per heavy atom. The first-order chi connectivity index (χ1) is 6.77. The van der Waals surface area contributed by atoms with Gasteiger partial charge in [-0.2, -0.15) is 0 Å². The van der Waals surface area contributed by atoms with Crippen LogP contribution < -0.4 is 11.2 Å². The highest BCUT2D eigenvalue weighted by Gasteiger charge is 1.99. The lowest BCUT2D eigenvalue weighted by Gasteiger charge is -2.00. The molecule has 0 spiro atoms. The van der Waals surface area contributed by atoms with E-state index in [1.54, 1.807) is 0 Å². The number of nitrogens with one attached hydrogen (secondary N) is 1. The van der Waals surface area contributed by atoms with Gasteiger partial charge in [0.2, 0.25) is 0 Å². The van der Waals surface area contributed by atoms with Crippen molar-refractivity contribution in [3.05, 3.63) is 51.7 Å². The third kappa shape index (κ3) is 1.45. The fraction of sp³-hybridized carbons (Fsp3) is 0. The van der Waals surface area contributed by atoms with Crippen LogP contribution in [0.4, 0.5) is 0 Å². The van der Waals surface area contributed by atoms with Gasteiger partial charge in [-0.15, -0.1) is 0 Å². The standard InChI is InChI=1S/C8H6N4O2/c13-7-1-4-12(8(14)11-7)6-5-9-2-3-10-6/h1-5H,(H,11,13,14). The van der Waals surface area contributed by atoms with Crippen LogP contribution in [0.15, 0.2) is 40.4 Å². The Kier molecular flexibility index (Phi) is 1.94. The fourth-order valence-electron chi connectivity index (χ4n) is 1.01. The predicted octanol–water partition coefficient (Wildman–Crippen LogP) is -0.684. The largest absolute Gasteiger partial charge is 0.334 e. The van der Waals surface area contributed by atoms with Gasteiger partial charge in [0.1, 0.15) is 0 Å². The van der Waals surface area contributed by atoms with Gasteiger partial charge in [0.05, 0.1) is 6.20 Å². The molecule has 6 heteroatoms. The highest BCUT2D eigenvalue weighted by Crippen LogP contribution is 1.93. The van der Waals surface area contributed by atoms with E-state index in [1.807, 2.05) is 0 Å². The minimum absolute atomic E-state index is 0.369. The second kappa shape index (κ2) is 3.25. The van der Waals surface area contributed by atoms with Crippen LogP contribution in [0.25, 0.3) is 5.82 Å². The summed E-state index contributed by atoms with van der Waals surface area (Å²) in [6.07, 6.45) is 5.75. The van der Waals surface area contributed by atoms with Crippen LogP contribution in [0.3, 0.4) is 0 Å². The first-order valence-corrected chi connectivity index (χ1v) is 3.86. The lowest BCUT2D eigenvalue weighted by Crippen LogP contribution is -2.27. The van der Waals surface area contributed by atoms with Crippen LogP contribution in [-0.2, 0) is 0 Å². The van der Waals surface area contributed by atoms with E-state index < -0.39 is 11.2 Å². The summed E-state index contributed by atoms with van der Waals surface area (Å²) >= 11 is 0. The molecule has 2 aromatic rings. The van der Waals surface area contributed by atoms with Crippen molar-refractivity contribution in [1.82, 2.24) is 19.5 Å². The summed E-state index contributed by atoms with van der Waals surface area (Å²) in [5, 5.41) is 0. The molecule has 14 heavy (non-hydrogen) atoms. The smallest absolute Gasteiger partial charge is 0.274 e. The van der Waals surface area contributed by atoms with Crippen molar-refractivity contribution in [2.75, 3.05) is 0 Å². The average Bonchev–Trinajstić information content (AvgIpc) is 2.19. The summed E-state index contributed by atoms with van der Waals surface area (Å²) < 4.78 is 1.20. The summed E-state index contributed by atoms with van der Waals surface area (Å²) in [6, 6.07) is 1.25. The van der Waals surface area contributed by atoms with Crippen LogP contribution in [0, 0.1) is 0 Å². The Morgan fingerprint density at radius 1 is 1.29 bits per heavy atom. The second-order valence-electron chi connectivity index (χ2n) is 2.54. The molecule has 0 atom stereocenters. The monoisotopic (exact) mass is 190 g/mol. The maximum absolute atomic E-state index is 11.3. The highest BCUT2D eigenvalue weighted by molar-refractivity contribution is 5.16. The van der Waals surface area contributed by atoms with Crippen LogP contribution >= 0.6 is 0 Å². The van der Waals surface area contributed by atoms with Gasteiger partial charge >= 0.3 is 5.69 Å². The van der Waals surface area contributed by atoms with Crippen molar-refractivity contribution in [3.8, 4) is 5.82 Å². The van der Waals surface area contributed by atoms with Crippen LogP contribution in [-0.4, -0.2) is 19.5 Å². The summed E-state index contributed by atoms with van der Waals surface area (Å²) in [6.45, 7) is 0. The molecule has 0 saturated carbocycles. The summed E-state index contributed by atoms with van der Waals surface area (Å²) in [5.74, 6) is 0.369. The Labute approximate surface area is 77.9 Å². The number of aromatic amines is 1. The van der Waals surface area contributed by atoms with Crippen molar-refractivity contribution in [3.63, 3.8) is 0 Å². The molecule has 1 N–H and O–H groups in total. The zero-order valence-corrected chi connectivity index (χ0v) is 7.04. The van der Waals surface area contributed by atoms with Crippen LogP contribution in [0.5, 0.6) is 0 Å². The number of H-pyrrole nitrogens is 1. The van der Waals surface area contributed by atoms with Gasteiger partial charge in [-0.3, -0.25) is 19.3 Å². The number of aromatic nitrogens is 4. The van der Waals surface area contributed by atoms with E-state index in [4.69, 9.17) is 0 Å². The molecular weight excluding hydrogens is 184 g/mol. The molecule has 0 amide bonds. The van der Waals surface area contributed by atoms with Crippen molar-refractivity contribution >= 4 is 0 Å². The molecule has 2 aromatic heterocycles. The maximum atomic E-state index is 11.3. The first-order valence-electron chi connectivity index (χ1n) is 3.86. The van der Waals surface area contributed by atoms with Gasteiger partial charge in [0.15, 0.2) is 5.82 Å². The Balaban J connectivity index is 2.64. The number of nitrogens with zero attached hydrogens (tertiary/aromatic N) is 3. The zero-order valence-electron chi connectivity index (χ0n) is 7.04. The van der Waals surface area contributed by atoms with Crippen molar-refractivity contribution < 1.29 is 0 Å². The number of hydrogen-bond donors (Lipinski definition) is 1. The molecule has 0 aromatic carbocycles. The molecule has 6 nitrogen and oxygen atoms in total. The van der Waals surface area contributed by atoms with E-state index in [1.165, 1.54) is 35.4 Å². The molecule has 70 valence electrons. The molecule has 0 saturated heterocycles. The molecule has 0 fully saturated rings. The lowest BCUT2D eigenvalue weighted by molar-refractivity contribution is 0.859. The SMILES string of the molecule is O=c1ccn(-c2cnccn2)c(=O)[nH]1. The topological polar surface area (TPSA) is 80.6 Å². The molecule has 0 aliphatic heterocycles. The normalized spacial score (nSPS) is 10.0. The third-order valence-corrected chi connectivity index (χ3v) is 1.62. The van der Waals surface area contributed by atoms with E-state index in [9.17, 15) is 9.59 Å². The second-order valence-corrected chi connectivity index (χ2v) is 2.54. The molecule has 0 aliphatic rings. The number of rotatable bonds is 1. The minimum atomic E-state index is -0.530. The molecule has 0 aliphatic carbocycles. The van der Waals surface area contributed by atoms with E-state index in [2.05, 4.69) is 15.0 Å². The molecular formula is C8H6N4O2. The summed E-state index contributed by atoms with van der Waals surface area (Å²) in [7, 11) is 0. The molecule has 2 heterocycles. The van der Waals surface area contributed by atoms with E-state index in [0.717, 1.165) is 0 Å². The average molecular weight is 190 g/mol. The fourth-order valence-corrected chi connectivity index (χ4v) is 1.01. The van der Waals surface area contributed by atoms with Crippen LogP contribution in [0.2, 0.25) is 0 Å². The van der Waals surface area contributed by atoms with E-state index in [0.29, 0.717) is 5.82 Å². The van der Waals surface area contributed by atoms with Gasteiger partial charge < -0.3 is 0 Å². The van der Waals surface area contributed by atoms with Gasteiger partial charge in [0, 0.05) is 24.7 Å².